The van der Waals surface area contributed by atoms with Crippen LogP contribution in [0.3, 0.4) is 0 Å². The van der Waals surface area contributed by atoms with Gasteiger partial charge >= 0.3 is 23.9 Å². The molecule has 0 amide bonds. The molecule has 1 fully saturated rings. The second kappa shape index (κ2) is 10.7. The number of isocyanates is 1. The van der Waals surface area contributed by atoms with E-state index in [1.807, 2.05) is 0 Å². The predicted octanol–water partition coefficient (Wildman–Crippen LogP) is 0.0535. The highest BCUT2D eigenvalue weighted by atomic mass is 32.2. The average Bonchev–Trinajstić information content (AvgIpc) is 2.54. The maximum absolute atomic E-state index is 11.5. The zero-order valence-corrected chi connectivity index (χ0v) is 15.8. The molecule has 0 N–H and O–H groups in total. The lowest BCUT2D eigenvalue weighted by molar-refractivity contribution is -0.237. The summed E-state index contributed by atoms with van der Waals surface area (Å²) in [6, 6.07) is 0. The zero-order valence-electron chi connectivity index (χ0n) is 15.0. The lowest BCUT2D eigenvalue weighted by Gasteiger charge is -2.43. The number of nitrogens with zero attached hydrogens (tertiary/aromatic N) is 1. The Kier molecular flexibility index (Phi) is 8.92. The maximum Gasteiger partial charge on any atom is 0.303 e. The molecule has 0 bridgehead atoms. The van der Waals surface area contributed by atoms with Crippen LogP contribution in [0.1, 0.15) is 27.7 Å². The highest BCUT2D eigenvalue weighted by molar-refractivity contribution is 7.98. The van der Waals surface area contributed by atoms with Gasteiger partial charge in [-0.25, -0.2) is 4.79 Å². The van der Waals surface area contributed by atoms with Gasteiger partial charge in [-0.2, -0.15) is 0 Å². The summed E-state index contributed by atoms with van der Waals surface area (Å²) in [5.41, 5.74) is -1.12. The van der Waals surface area contributed by atoms with Crippen molar-refractivity contribution in [3.63, 3.8) is 0 Å². The third-order valence-corrected chi connectivity index (χ3v) is 3.91. The highest BCUT2D eigenvalue weighted by Gasteiger charge is 2.52. The van der Waals surface area contributed by atoms with Gasteiger partial charge in [0, 0.05) is 39.6 Å². The smallest absolute Gasteiger partial charge is 0.303 e. The van der Waals surface area contributed by atoms with E-state index in [1.165, 1.54) is 6.08 Å². The molecule has 0 aromatic heterocycles. The summed E-state index contributed by atoms with van der Waals surface area (Å²) < 4.78 is 29.4. The first kappa shape index (κ1) is 22.6. The van der Waals surface area contributed by atoms with Crippen LogP contribution in [-0.2, 0) is 47.7 Å². The van der Waals surface area contributed by atoms with Crippen molar-refractivity contribution in [1.29, 1.82) is 0 Å². The molecule has 0 radical (unpaired) electrons. The highest BCUT2D eigenvalue weighted by Crippen LogP contribution is 2.34. The zero-order chi connectivity index (χ0) is 20.6. The Morgan fingerprint density at radius 2 is 1.41 bits per heavy atom. The molecule has 12 heteroatoms. The van der Waals surface area contributed by atoms with Gasteiger partial charge in [0.1, 0.15) is 12.7 Å². The van der Waals surface area contributed by atoms with Crippen molar-refractivity contribution < 1.29 is 47.7 Å². The van der Waals surface area contributed by atoms with Gasteiger partial charge in [0.15, 0.2) is 23.7 Å². The first-order valence-electron chi connectivity index (χ1n) is 7.69. The summed E-state index contributed by atoms with van der Waals surface area (Å²) >= 11 is 0.567. The van der Waals surface area contributed by atoms with E-state index in [2.05, 4.69) is 4.40 Å². The summed E-state index contributed by atoms with van der Waals surface area (Å²) in [7, 11) is 0. The molecular weight excluding hydrogens is 386 g/mol. The Balaban J connectivity index is 3.28. The fourth-order valence-electron chi connectivity index (χ4n) is 2.35. The molecule has 1 saturated heterocycles. The Hall–Kier alpha value is -2.43. The van der Waals surface area contributed by atoms with E-state index in [9.17, 15) is 24.0 Å². The van der Waals surface area contributed by atoms with Crippen LogP contribution < -0.4 is 0 Å². The molecule has 150 valence electrons. The summed E-state index contributed by atoms with van der Waals surface area (Å²) in [6.07, 6.45) is -3.57. The molecule has 27 heavy (non-hydrogen) atoms. The predicted molar refractivity (Wildman–Crippen MR) is 87.7 cm³/mol. The minimum absolute atomic E-state index is 0.348. The second-order valence-electron chi connectivity index (χ2n) is 5.36. The van der Waals surface area contributed by atoms with E-state index in [0.717, 1.165) is 27.7 Å². The van der Waals surface area contributed by atoms with Gasteiger partial charge in [-0.3, -0.25) is 19.2 Å². The van der Waals surface area contributed by atoms with Crippen molar-refractivity contribution in [2.45, 2.75) is 57.5 Å². The Labute approximate surface area is 158 Å². The van der Waals surface area contributed by atoms with Crippen molar-refractivity contribution in [1.82, 2.24) is 0 Å². The Morgan fingerprint density at radius 3 is 1.89 bits per heavy atom. The lowest BCUT2D eigenvalue weighted by atomic mass is 9.99. The summed E-state index contributed by atoms with van der Waals surface area (Å²) in [4.78, 5) is 56.1. The van der Waals surface area contributed by atoms with Crippen LogP contribution in [0.2, 0.25) is 0 Å². The average molecular weight is 405 g/mol. The first-order chi connectivity index (χ1) is 12.6. The molecule has 1 aliphatic heterocycles. The third-order valence-electron chi connectivity index (χ3n) is 3.14. The summed E-state index contributed by atoms with van der Waals surface area (Å²) in [6.45, 7) is 4.16. The van der Waals surface area contributed by atoms with Crippen LogP contribution >= 0.6 is 11.9 Å². The number of rotatable bonds is 7. The van der Waals surface area contributed by atoms with E-state index >= 15 is 0 Å². The largest absolute Gasteiger partial charge is 0.463 e. The van der Waals surface area contributed by atoms with Crippen LogP contribution in [0.25, 0.3) is 0 Å². The number of carbonyl (C=O) groups is 4. The standard InChI is InChI=1S/C15H19NO10S/c1-7(18)22-5-11-12(23-8(2)19)13(24-9(3)20)14(25-10(4)21)15(26-11)27-16-6-17/h11-15H,5H2,1-4H3/t11-,12-,13+,14-,15?/m1/s1. The molecule has 0 aromatic carbocycles. The Morgan fingerprint density at radius 1 is 0.889 bits per heavy atom. The Bertz CT molecular complexity index is 632. The minimum Gasteiger partial charge on any atom is -0.463 e. The van der Waals surface area contributed by atoms with Crippen LogP contribution in [0.15, 0.2) is 4.40 Å². The van der Waals surface area contributed by atoms with Crippen molar-refractivity contribution >= 4 is 41.9 Å². The van der Waals surface area contributed by atoms with Gasteiger partial charge in [-0.1, -0.05) is 0 Å². The number of esters is 4. The summed E-state index contributed by atoms with van der Waals surface area (Å²) in [5.74, 6) is -2.83. The van der Waals surface area contributed by atoms with Gasteiger partial charge in [0.05, 0.1) is 0 Å². The van der Waals surface area contributed by atoms with E-state index in [1.54, 1.807) is 0 Å². The molecule has 0 saturated carbocycles. The maximum atomic E-state index is 11.5. The van der Waals surface area contributed by atoms with Gasteiger partial charge in [-0.15, -0.1) is 4.40 Å². The second-order valence-corrected chi connectivity index (χ2v) is 6.21. The number of ether oxygens (including phenoxy) is 5. The van der Waals surface area contributed by atoms with Crippen LogP contribution in [0, 0.1) is 0 Å². The minimum atomic E-state index is -1.29. The van der Waals surface area contributed by atoms with Crippen LogP contribution in [0.5, 0.6) is 0 Å². The molecule has 0 aromatic rings. The fourth-order valence-corrected chi connectivity index (χ4v) is 3.02. The molecule has 11 nitrogen and oxygen atoms in total. The number of hydrogen-bond acceptors (Lipinski definition) is 12. The van der Waals surface area contributed by atoms with E-state index in [0.29, 0.717) is 11.9 Å². The van der Waals surface area contributed by atoms with Crippen molar-refractivity contribution in [2.75, 3.05) is 6.61 Å². The van der Waals surface area contributed by atoms with Gasteiger partial charge in [0.25, 0.3) is 0 Å². The van der Waals surface area contributed by atoms with Crippen molar-refractivity contribution in [3.8, 4) is 0 Å². The molecule has 1 heterocycles. The van der Waals surface area contributed by atoms with E-state index < -0.39 is 53.7 Å². The molecule has 1 unspecified atom stereocenters. The van der Waals surface area contributed by atoms with Gasteiger partial charge in [-0.05, 0) is 0 Å². The summed E-state index contributed by atoms with van der Waals surface area (Å²) in [5, 5.41) is 0. The molecular formula is C15H19NO10S. The third kappa shape index (κ3) is 7.37. The first-order valence-corrected chi connectivity index (χ1v) is 8.52. The van der Waals surface area contributed by atoms with E-state index in [-0.39, 0.29) is 6.61 Å². The van der Waals surface area contributed by atoms with Crippen LogP contribution in [-0.4, -0.2) is 66.4 Å². The molecule has 1 aliphatic rings. The SMILES string of the molecule is CC(=O)OC[C@H]1OC(SN=C=O)[C@H](OC(C)=O)[C@@H](OC(C)=O)[C@@H]1OC(C)=O. The molecule has 0 spiro atoms. The number of hydrogen-bond donors (Lipinski definition) is 0. The van der Waals surface area contributed by atoms with Gasteiger partial charge < -0.3 is 23.7 Å². The quantitative estimate of drug-likeness (QED) is 0.186. The molecule has 1 rings (SSSR count). The van der Waals surface area contributed by atoms with E-state index in [4.69, 9.17) is 23.7 Å². The monoisotopic (exact) mass is 405 g/mol. The fraction of sp³-hybridized carbons (Fsp3) is 0.667. The topological polar surface area (TPSA) is 144 Å². The molecule has 0 aliphatic carbocycles. The number of carbonyl (C=O) groups excluding carboxylic acids is 5. The van der Waals surface area contributed by atoms with Crippen molar-refractivity contribution in [3.05, 3.63) is 0 Å². The van der Waals surface area contributed by atoms with Crippen molar-refractivity contribution in [2.24, 2.45) is 4.40 Å². The van der Waals surface area contributed by atoms with Crippen LogP contribution in [0.4, 0.5) is 0 Å². The molecule has 5 atom stereocenters. The lowest BCUT2D eigenvalue weighted by Crippen LogP contribution is -2.61. The normalized spacial score (nSPS) is 26.9. The van der Waals surface area contributed by atoms with Gasteiger partial charge in [0.2, 0.25) is 6.08 Å².